The molecule has 0 aliphatic rings. The van der Waals surface area contributed by atoms with Crippen molar-refractivity contribution in [3.63, 3.8) is 0 Å². The molecule has 0 heterocycles. The summed E-state index contributed by atoms with van der Waals surface area (Å²) < 4.78 is 5.48. The average Bonchev–Trinajstić information content (AvgIpc) is 2.70. The summed E-state index contributed by atoms with van der Waals surface area (Å²) in [6, 6.07) is 4.90. The van der Waals surface area contributed by atoms with Gasteiger partial charge in [0.25, 0.3) is 0 Å². The van der Waals surface area contributed by atoms with E-state index in [1.165, 1.54) is 0 Å². The van der Waals surface area contributed by atoms with Crippen molar-refractivity contribution >= 4 is 11.9 Å². The second-order valence-corrected chi connectivity index (χ2v) is 7.02. The van der Waals surface area contributed by atoms with Crippen LogP contribution in [0.1, 0.15) is 25.8 Å². The highest BCUT2D eigenvalue weighted by molar-refractivity contribution is 5.87. The van der Waals surface area contributed by atoms with Gasteiger partial charge in [-0.3, -0.25) is 4.79 Å². The third kappa shape index (κ3) is 8.39. The first-order chi connectivity index (χ1) is 13.8. The van der Waals surface area contributed by atoms with Gasteiger partial charge >= 0.3 is 5.97 Å². The molecule has 160 valence electrons. The Bertz CT molecular complexity index is 699. The number of aliphatic hydroxyl groups is 2. The number of amides is 1. The third-order valence-electron chi connectivity index (χ3n) is 4.34. The third-order valence-corrected chi connectivity index (χ3v) is 4.34. The standard InChI is InChI=1S/C19H28N4O6/c1-12(2)17(22-23-20)18(26)21-16(19(27)28)8-5-13-3-6-15(7-4-13)29-11-14(9-24)10-25/h3-4,6-7,12,14,16-17,24-25H,5,8-11H2,1-2H3,(H,21,26)(H,27,28)/t16?,17-/m0/s1. The lowest BCUT2D eigenvalue weighted by atomic mass is 10.0. The van der Waals surface area contributed by atoms with Crippen molar-refractivity contribution in [2.75, 3.05) is 19.8 Å². The van der Waals surface area contributed by atoms with Gasteiger partial charge in [-0.2, -0.15) is 0 Å². The van der Waals surface area contributed by atoms with E-state index in [4.69, 9.17) is 20.5 Å². The number of ether oxygens (including phenoxy) is 1. The van der Waals surface area contributed by atoms with Gasteiger partial charge in [-0.25, -0.2) is 4.79 Å². The van der Waals surface area contributed by atoms with Crippen molar-refractivity contribution in [3.8, 4) is 5.75 Å². The van der Waals surface area contributed by atoms with Crippen LogP contribution in [0.15, 0.2) is 29.4 Å². The highest BCUT2D eigenvalue weighted by Crippen LogP contribution is 2.15. The Kier molecular flexibility index (Phi) is 10.5. The van der Waals surface area contributed by atoms with Crippen LogP contribution >= 0.6 is 0 Å². The topological polar surface area (TPSA) is 165 Å². The molecular formula is C19H28N4O6. The molecule has 0 fully saturated rings. The zero-order valence-electron chi connectivity index (χ0n) is 16.6. The van der Waals surface area contributed by atoms with Gasteiger partial charge in [0, 0.05) is 10.8 Å². The van der Waals surface area contributed by atoms with Gasteiger partial charge < -0.3 is 25.4 Å². The number of azide groups is 1. The van der Waals surface area contributed by atoms with Gasteiger partial charge in [-0.15, -0.1) is 0 Å². The van der Waals surface area contributed by atoms with E-state index in [1.807, 2.05) is 0 Å². The van der Waals surface area contributed by atoms with E-state index in [-0.39, 0.29) is 38.1 Å². The first-order valence-corrected chi connectivity index (χ1v) is 9.33. The molecule has 4 N–H and O–H groups in total. The predicted octanol–water partition coefficient (Wildman–Crippen LogP) is 1.50. The van der Waals surface area contributed by atoms with Crippen LogP contribution in [0.5, 0.6) is 5.75 Å². The summed E-state index contributed by atoms with van der Waals surface area (Å²) in [6.45, 7) is 3.26. The van der Waals surface area contributed by atoms with Gasteiger partial charge in [0.05, 0.1) is 19.8 Å². The molecule has 0 bridgehead atoms. The molecule has 10 nitrogen and oxygen atoms in total. The molecule has 0 spiro atoms. The summed E-state index contributed by atoms with van der Waals surface area (Å²) in [5.74, 6) is -1.83. The Labute approximate surface area is 169 Å². The quantitative estimate of drug-likeness (QED) is 0.219. The van der Waals surface area contributed by atoms with Crippen molar-refractivity contribution in [2.24, 2.45) is 17.0 Å². The van der Waals surface area contributed by atoms with E-state index in [0.29, 0.717) is 12.2 Å². The normalized spacial score (nSPS) is 12.9. The zero-order chi connectivity index (χ0) is 21.8. The summed E-state index contributed by atoms with van der Waals surface area (Å²) in [4.78, 5) is 26.4. The number of nitrogens with zero attached hydrogens (tertiary/aromatic N) is 3. The number of rotatable bonds is 13. The van der Waals surface area contributed by atoms with Crippen LogP contribution in [0.2, 0.25) is 0 Å². The Balaban J connectivity index is 2.64. The number of hydrogen-bond acceptors (Lipinski definition) is 6. The zero-order valence-corrected chi connectivity index (χ0v) is 16.6. The van der Waals surface area contributed by atoms with Crippen LogP contribution in [0, 0.1) is 11.8 Å². The molecule has 1 aromatic carbocycles. The van der Waals surface area contributed by atoms with Gasteiger partial charge in [0.2, 0.25) is 5.91 Å². The monoisotopic (exact) mass is 408 g/mol. The predicted molar refractivity (Wildman–Crippen MR) is 105 cm³/mol. The second-order valence-electron chi connectivity index (χ2n) is 7.02. The number of carbonyl (C=O) groups excluding carboxylic acids is 1. The summed E-state index contributed by atoms with van der Waals surface area (Å²) in [5, 5.41) is 33.3. The lowest BCUT2D eigenvalue weighted by molar-refractivity contribution is -0.142. The summed E-state index contributed by atoms with van der Waals surface area (Å²) in [6.07, 6.45) is 0.570. The number of benzene rings is 1. The number of carboxylic acid groups (broad SMARTS) is 1. The van der Waals surface area contributed by atoms with E-state index in [1.54, 1.807) is 38.1 Å². The molecule has 0 aliphatic heterocycles. The van der Waals surface area contributed by atoms with E-state index in [2.05, 4.69) is 15.3 Å². The molecule has 29 heavy (non-hydrogen) atoms. The van der Waals surface area contributed by atoms with Crippen molar-refractivity contribution in [3.05, 3.63) is 40.3 Å². The van der Waals surface area contributed by atoms with Crippen LogP contribution in [0.3, 0.4) is 0 Å². The maximum Gasteiger partial charge on any atom is 0.326 e. The van der Waals surface area contributed by atoms with Crippen molar-refractivity contribution < 1.29 is 29.6 Å². The highest BCUT2D eigenvalue weighted by Gasteiger charge is 2.26. The molecule has 1 aromatic rings. The maximum atomic E-state index is 12.2. The molecule has 0 radical (unpaired) electrons. The molecule has 10 heteroatoms. The highest BCUT2D eigenvalue weighted by atomic mass is 16.5. The molecule has 0 saturated carbocycles. The van der Waals surface area contributed by atoms with Crippen molar-refractivity contribution in [1.82, 2.24) is 5.32 Å². The lowest BCUT2D eigenvalue weighted by Crippen LogP contribution is -2.46. The van der Waals surface area contributed by atoms with Crippen LogP contribution in [-0.2, 0) is 16.0 Å². The fraction of sp³-hybridized carbons (Fsp3) is 0.579. The molecule has 1 unspecified atom stereocenters. The number of carbonyl (C=O) groups is 2. The van der Waals surface area contributed by atoms with E-state index >= 15 is 0 Å². The molecule has 0 saturated heterocycles. The number of nitrogens with one attached hydrogen (secondary N) is 1. The largest absolute Gasteiger partial charge is 0.493 e. The summed E-state index contributed by atoms with van der Waals surface area (Å²) in [7, 11) is 0. The number of aliphatic carboxylic acids is 1. The Hall–Kier alpha value is -2.81. The molecule has 1 amide bonds. The van der Waals surface area contributed by atoms with Crippen LogP contribution < -0.4 is 10.1 Å². The first kappa shape index (κ1) is 24.2. The fourth-order valence-corrected chi connectivity index (χ4v) is 2.50. The molecule has 1 rings (SSSR count). The van der Waals surface area contributed by atoms with Crippen LogP contribution in [0.4, 0.5) is 0 Å². The summed E-state index contributed by atoms with van der Waals surface area (Å²) in [5.41, 5.74) is 9.43. The first-order valence-electron chi connectivity index (χ1n) is 9.33. The second kappa shape index (κ2) is 12.6. The Morgan fingerprint density at radius 2 is 1.83 bits per heavy atom. The van der Waals surface area contributed by atoms with E-state index < -0.39 is 24.0 Å². The molecular weight excluding hydrogens is 380 g/mol. The Morgan fingerprint density at radius 1 is 1.21 bits per heavy atom. The van der Waals surface area contributed by atoms with Gasteiger partial charge in [-0.05, 0) is 42.0 Å². The maximum absolute atomic E-state index is 12.2. The van der Waals surface area contributed by atoms with Crippen LogP contribution in [0.25, 0.3) is 10.4 Å². The smallest absolute Gasteiger partial charge is 0.326 e. The SMILES string of the molecule is CC(C)[C@H](N=[N+]=[N-])C(=O)NC(CCc1ccc(OCC(CO)CO)cc1)C(=O)O. The number of carboxylic acids is 1. The minimum absolute atomic E-state index is 0.166. The summed E-state index contributed by atoms with van der Waals surface area (Å²) >= 11 is 0. The lowest BCUT2D eigenvalue weighted by Gasteiger charge is -2.19. The van der Waals surface area contributed by atoms with Gasteiger partial charge in [0.1, 0.15) is 17.8 Å². The van der Waals surface area contributed by atoms with Crippen molar-refractivity contribution in [1.29, 1.82) is 0 Å². The van der Waals surface area contributed by atoms with E-state index in [0.717, 1.165) is 5.56 Å². The van der Waals surface area contributed by atoms with Crippen molar-refractivity contribution in [2.45, 2.75) is 38.8 Å². The average molecular weight is 408 g/mol. The number of hydrogen-bond donors (Lipinski definition) is 4. The minimum atomic E-state index is -1.17. The van der Waals surface area contributed by atoms with Gasteiger partial charge in [-0.1, -0.05) is 31.1 Å². The van der Waals surface area contributed by atoms with Gasteiger partial charge in [0.15, 0.2) is 0 Å². The minimum Gasteiger partial charge on any atom is -0.493 e. The fourth-order valence-electron chi connectivity index (χ4n) is 2.50. The molecule has 2 atom stereocenters. The number of aryl methyl sites for hydroxylation is 1. The number of aliphatic hydroxyl groups excluding tert-OH is 2. The molecule has 0 aliphatic carbocycles. The Morgan fingerprint density at radius 3 is 2.31 bits per heavy atom. The van der Waals surface area contributed by atoms with E-state index in [9.17, 15) is 14.7 Å². The molecule has 0 aromatic heterocycles. The van der Waals surface area contributed by atoms with Crippen LogP contribution in [-0.4, -0.2) is 59.1 Å².